The second kappa shape index (κ2) is 8.31. The Hall–Kier alpha value is -1.41. The molecule has 0 heterocycles. The summed E-state index contributed by atoms with van der Waals surface area (Å²) < 4.78 is 11.7. The fourth-order valence-electron chi connectivity index (χ4n) is 3.00. The number of para-hydroxylation sites is 1. The summed E-state index contributed by atoms with van der Waals surface area (Å²) in [5.41, 5.74) is 1.14. The SMILES string of the molecule is CC(C)(C)CC(C)(C)P(O)OCc1cccc(Oc2ccccc2)c1. The van der Waals surface area contributed by atoms with E-state index < -0.39 is 8.38 Å². The monoisotopic (exact) mass is 360 g/mol. The number of benzene rings is 2. The van der Waals surface area contributed by atoms with Crippen LogP contribution in [0.3, 0.4) is 0 Å². The molecule has 0 aromatic heterocycles. The minimum atomic E-state index is -1.51. The van der Waals surface area contributed by atoms with Crippen molar-refractivity contribution in [1.29, 1.82) is 0 Å². The zero-order valence-corrected chi connectivity index (χ0v) is 16.7. The highest BCUT2D eigenvalue weighted by Gasteiger charge is 2.34. The third-order valence-corrected chi connectivity index (χ3v) is 5.28. The van der Waals surface area contributed by atoms with Gasteiger partial charge in [0.1, 0.15) is 11.5 Å². The number of hydrogen-bond donors (Lipinski definition) is 1. The van der Waals surface area contributed by atoms with Gasteiger partial charge in [0.05, 0.1) is 6.61 Å². The molecule has 0 saturated heterocycles. The Morgan fingerprint density at radius 3 is 2.16 bits per heavy atom. The molecule has 0 aliphatic rings. The summed E-state index contributed by atoms with van der Waals surface area (Å²) in [7, 11) is -1.51. The van der Waals surface area contributed by atoms with Crippen LogP contribution in [0.5, 0.6) is 11.5 Å². The molecule has 0 radical (unpaired) electrons. The molecular weight excluding hydrogens is 331 g/mol. The molecule has 25 heavy (non-hydrogen) atoms. The van der Waals surface area contributed by atoms with E-state index in [-0.39, 0.29) is 10.6 Å². The minimum absolute atomic E-state index is 0.152. The average molecular weight is 360 g/mol. The van der Waals surface area contributed by atoms with Crippen LogP contribution in [0.2, 0.25) is 0 Å². The predicted molar refractivity (Wildman–Crippen MR) is 105 cm³/mol. The normalized spacial score (nSPS) is 13.5. The molecule has 0 aliphatic heterocycles. The van der Waals surface area contributed by atoms with Gasteiger partial charge in [0.2, 0.25) is 0 Å². The van der Waals surface area contributed by atoms with Crippen molar-refractivity contribution in [1.82, 2.24) is 0 Å². The minimum Gasteiger partial charge on any atom is -0.457 e. The maximum atomic E-state index is 10.5. The van der Waals surface area contributed by atoms with Crippen LogP contribution < -0.4 is 4.74 Å². The Labute approximate surface area is 152 Å². The first-order valence-corrected chi connectivity index (χ1v) is 9.81. The van der Waals surface area contributed by atoms with Gasteiger partial charge in [-0.3, -0.25) is 0 Å². The van der Waals surface area contributed by atoms with Gasteiger partial charge in [0.25, 0.3) is 0 Å². The molecule has 0 amide bonds. The Morgan fingerprint density at radius 1 is 0.880 bits per heavy atom. The van der Waals surface area contributed by atoms with E-state index in [9.17, 15) is 4.89 Å². The van der Waals surface area contributed by atoms with Gasteiger partial charge in [-0.05, 0) is 41.7 Å². The lowest BCUT2D eigenvalue weighted by Crippen LogP contribution is -2.25. The summed E-state index contributed by atoms with van der Waals surface area (Å²) in [6.45, 7) is 11.1. The largest absolute Gasteiger partial charge is 0.457 e. The summed E-state index contributed by atoms with van der Waals surface area (Å²) in [6, 6.07) is 17.5. The summed E-state index contributed by atoms with van der Waals surface area (Å²) in [4.78, 5) is 10.5. The van der Waals surface area contributed by atoms with Gasteiger partial charge in [-0.25, -0.2) is 0 Å². The summed E-state index contributed by atoms with van der Waals surface area (Å²) in [5.74, 6) is 1.57. The smallest absolute Gasteiger partial charge is 0.174 e. The van der Waals surface area contributed by atoms with Gasteiger partial charge in [0, 0.05) is 5.16 Å². The van der Waals surface area contributed by atoms with Crippen molar-refractivity contribution >= 4 is 8.38 Å². The Bertz CT molecular complexity index is 662. The standard InChI is InChI=1S/C21H29O3P/c1-20(2,3)16-21(4,5)25(22)23-15-17-10-9-13-19(14-17)24-18-11-7-6-8-12-18/h6-14,22H,15-16H2,1-5H3. The lowest BCUT2D eigenvalue weighted by Gasteiger charge is -2.35. The zero-order chi connectivity index (χ0) is 18.5. The van der Waals surface area contributed by atoms with Crippen LogP contribution in [0.15, 0.2) is 54.6 Å². The highest BCUT2D eigenvalue weighted by Crippen LogP contribution is 2.52. The van der Waals surface area contributed by atoms with Gasteiger partial charge in [-0.15, -0.1) is 0 Å². The van der Waals surface area contributed by atoms with Crippen molar-refractivity contribution in [3.8, 4) is 11.5 Å². The van der Waals surface area contributed by atoms with E-state index in [1.165, 1.54) is 0 Å². The molecule has 0 fully saturated rings. The van der Waals surface area contributed by atoms with Crippen LogP contribution in [0.4, 0.5) is 0 Å². The molecule has 1 N–H and O–H groups in total. The predicted octanol–water partition coefficient (Wildman–Crippen LogP) is 6.51. The molecule has 0 bridgehead atoms. The molecule has 4 heteroatoms. The zero-order valence-electron chi connectivity index (χ0n) is 15.8. The van der Waals surface area contributed by atoms with E-state index in [1.807, 2.05) is 54.6 Å². The topological polar surface area (TPSA) is 38.7 Å². The number of rotatable bonds is 7. The molecule has 1 unspecified atom stereocenters. The van der Waals surface area contributed by atoms with E-state index >= 15 is 0 Å². The number of hydrogen-bond acceptors (Lipinski definition) is 3. The highest BCUT2D eigenvalue weighted by molar-refractivity contribution is 7.48. The van der Waals surface area contributed by atoms with Gasteiger partial charge >= 0.3 is 0 Å². The van der Waals surface area contributed by atoms with Crippen LogP contribution in [0.1, 0.15) is 46.6 Å². The van der Waals surface area contributed by atoms with E-state index in [0.29, 0.717) is 6.61 Å². The van der Waals surface area contributed by atoms with Gasteiger partial charge in [-0.2, -0.15) is 0 Å². The Kier molecular flexibility index (Phi) is 6.62. The first-order valence-electron chi connectivity index (χ1n) is 8.60. The van der Waals surface area contributed by atoms with E-state index in [0.717, 1.165) is 23.5 Å². The van der Waals surface area contributed by atoms with Gasteiger partial charge in [-0.1, -0.05) is 65.0 Å². The molecule has 2 rings (SSSR count). The van der Waals surface area contributed by atoms with E-state index in [1.54, 1.807) is 0 Å². The van der Waals surface area contributed by atoms with Crippen LogP contribution in [0.25, 0.3) is 0 Å². The van der Waals surface area contributed by atoms with Crippen molar-refractivity contribution in [2.75, 3.05) is 0 Å². The summed E-state index contributed by atoms with van der Waals surface area (Å²) in [5, 5.41) is -0.244. The van der Waals surface area contributed by atoms with Crippen molar-refractivity contribution in [3.63, 3.8) is 0 Å². The second-order valence-electron chi connectivity index (χ2n) is 8.16. The third kappa shape index (κ3) is 6.78. The molecule has 0 spiro atoms. The molecule has 3 nitrogen and oxygen atoms in total. The maximum Gasteiger partial charge on any atom is 0.174 e. The van der Waals surface area contributed by atoms with Crippen LogP contribution in [-0.2, 0) is 11.1 Å². The molecule has 136 valence electrons. The van der Waals surface area contributed by atoms with Crippen LogP contribution >= 0.6 is 8.38 Å². The number of ether oxygens (including phenoxy) is 1. The molecular formula is C21H29O3P. The lowest BCUT2D eigenvalue weighted by atomic mass is 9.86. The van der Waals surface area contributed by atoms with Crippen molar-refractivity contribution in [3.05, 3.63) is 60.2 Å². The molecule has 1 atom stereocenters. The molecule has 2 aromatic rings. The van der Waals surface area contributed by atoms with Crippen molar-refractivity contribution in [2.24, 2.45) is 5.41 Å². The van der Waals surface area contributed by atoms with Crippen LogP contribution in [-0.4, -0.2) is 10.0 Å². The van der Waals surface area contributed by atoms with Crippen LogP contribution in [0, 0.1) is 5.41 Å². The van der Waals surface area contributed by atoms with Crippen molar-refractivity contribution < 1.29 is 14.2 Å². The first-order chi connectivity index (χ1) is 11.7. The maximum absolute atomic E-state index is 10.5. The molecule has 0 saturated carbocycles. The first kappa shape index (κ1) is 19.9. The fraction of sp³-hybridized carbons (Fsp3) is 0.429. The molecule has 2 aromatic carbocycles. The lowest BCUT2D eigenvalue weighted by molar-refractivity contribution is 0.255. The van der Waals surface area contributed by atoms with E-state index in [4.69, 9.17) is 9.26 Å². The summed E-state index contributed by atoms with van der Waals surface area (Å²) >= 11 is 0. The quantitative estimate of drug-likeness (QED) is 0.572. The average Bonchev–Trinajstić information content (AvgIpc) is 2.51. The third-order valence-electron chi connectivity index (χ3n) is 3.71. The molecule has 0 aliphatic carbocycles. The van der Waals surface area contributed by atoms with E-state index in [2.05, 4.69) is 34.6 Å². The van der Waals surface area contributed by atoms with Gasteiger partial charge in [0.15, 0.2) is 8.38 Å². The highest BCUT2D eigenvalue weighted by atomic mass is 31.2. The summed E-state index contributed by atoms with van der Waals surface area (Å²) in [6.07, 6.45) is 0.902. The Morgan fingerprint density at radius 2 is 1.52 bits per heavy atom. The van der Waals surface area contributed by atoms with Crippen molar-refractivity contribution in [2.45, 2.75) is 52.8 Å². The second-order valence-corrected chi connectivity index (χ2v) is 10.2. The fourth-order valence-corrected chi connectivity index (χ4v) is 4.23. The Balaban J connectivity index is 1.95. The van der Waals surface area contributed by atoms with Gasteiger partial charge < -0.3 is 14.2 Å².